The number of hydrogen-bond donors (Lipinski definition) is 2. The number of nitrogen functional groups attached to an aromatic ring is 1. The second-order valence-corrected chi connectivity index (χ2v) is 4.30. The number of ether oxygens (including phenoxy) is 1. The highest BCUT2D eigenvalue weighted by Gasteiger charge is 2.16. The van der Waals surface area contributed by atoms with E-state index in [0.29, 0.717) is 16.5 Å². The first-order valence-electron chi connectivity index (χ1n) is 5.42. The zero-order valence-electron chi connectivity index (χ0n) is 9.93. The summed E-state index contributed by atoms with van der Waals surface area (Å²) in [5.74, 6) is 0.637. The summed E-state index contributed by atoms with van der Waals surface area (Å²) in [4.78, 5) is 4.04. The fraction of sp³-hybridized carbons (Fsp3) is 0.154. The summed E-state index contributed by atoms with van der Waals surface area (Å²) in [6.45, 7) is 0. The molecule has 1 unspecified atom stereocenters. The van der Waals surface area contributed by atoms with Crippen molar-refractivity contribution in [3.63, 3.8) is 0 Å². The van der Waals surface area contributed by atoms with Crippen molar-refractivity contribution in [3.05, 3.63) is 52.8 Å². The summed E-state index contributed by atoms with van der Waals surface area (Å²) < 4.78 is 5.28. The molecule has 1 aromatic heterocycles. The Morgan fingerprint density at radius 3 is 2.72 bits per heavy atom. The lowest BCUT2D eigenvalue weighted by Crippen LogP contribution is -2.15. The molecule has 0 saturated heterocycles. The van der Waals surface area contributed by atoms with Crippen molar-refractivity contribution in [3.8, 4) is 5.75 Å². The van der Waals surface area contributed by atoms with Gasteiger partial charge in [0.2, 0.25) is 0 Å². The van der Waals surface area contributed by atoms with Crippen LogP contribution in [0.4, 0.5) is 5.69 Å². The lowest BCUT2D eigenvalue weighted by Gasteiger charge is -2.17. The highest BCUT2D eigenvalue weighted by atomic mass is 35.5. The largest absolute Gasteiger partial charge is 0.496 e. The van der Waals surface area contributed by atoms with E-state index in [-0.39, 0.29) is 0 Å². The van der Waals surface area contributed by atoms with Crippen LogP contribution < -0.4 is 16.2 Å². The van der Waals surface area contributed by atoms with Gasteiger partial charge in [-0.1, -0.05) is 17.7 Å². The Morgan fingerprint density at radius 1 is 1.28 bits per heavy atom. The number of anilines is 1. The highest BCUT2D eigenvalue weighted by molar-refractivity contribution is 6.30. The smallest absolute Gasteiger partial charge is 0.125 e. The fourth-order valence-corrected chi connectivity index (χ4v) is 1.95. The van der Waals surface area contributed by atoms with Gasteiger partial charge in [0.05, 0.1) is 13.2 Å². The zero-order valence-corrected chi connectivity index (χ0v) is 10.7. The second kappa shape index (κ2) is 5.25. The van der Waals surface area contributed by atoms with Gasteiger partial charge in [0, 0.05) is 34.2 Å². The van der Waals surface area contributed by atoms with Gasteiger partial charge in [-0.05, 0) is 18.2 Å². The van der Waals surface area contributed by atoms with E-state index in [1.807, 2.05) is 6.07 Å². The van der Waals surface area contributed by atoms with Crippen molar-refractivity contribution >= 4 is 17.3 Å². The van der Waals surface area contributed by atoms with Gasteiger partial charge >= 0.3 is 0 Å². The second-order valence-electron chi connectivity index (χ2n) is 3.87. The Bertz CT molecular complexity index is 560. The summed E-state index contributed by atoms with van der Waals surface area (Å²) in [7, 11) is 1.58. The van der Waals surface area contributed by atoms with Crippen LogP contribution in [0.1, 0.15) is 17.2 Å². The average molecular weight is 264 g/mol. The van der Waals surface area contributed by atoms with Gasteiger partial charge in [0.15, 0.2) is 0 Å². The minimum atomic E-state index is -0.397. The van der Waals surface area contributed by atoms with E-state index >= 15 is 0 Å². The van der Waals surface area contributed by atoms with Gasteiger partial charge in [-0.25, -0.2) is 0 Å². The summed E-state index contributed by atoms with van der Waals surface area (Å²) in [6.07, 6.45) is 3.29. The van der Waals surface area contributed by atoms with Gasteiger partial charge in [0.25, 0.3) is 0 Å². The summed E-state index contributed by atoms with van der Waals surface area (Å²) in [5, 5.41) is 0.599. The number of nitrogens with zero attached hydrogens (tertiary/aromatic N) is 1. The van der Waals surface area contributed by atoms with Crippen LogP contribution in [0, 0.1) is 0 Å². The average Bonchev–Trinajstić information content (AvgIpc) is 2.38. The molecule has 0 bridgehead atoms. The SMILES string of the molecule is COc1cc(Cl)ccc1C(N)c1cnccc1N. The quantitative estimate of drug-likeness (QED) is 0.892. The molecule has 0 radical (unpaired) electrons. The van der Waals surface area contributed by atoms with Crippen LogP contribution in [0.15, 0.2) is 36.7 Å². The number of methoxy groups -OCH3 is 1. The lowest BCUT2D eigenvalue weighted by molar-refractivity contribution is 0.408. The minimum Gasteiger partial charge on any atom is -0.496 e. The maximum absolute atomic E-state index is 6.20. The van der Waals surface area contributed by atoms with Crippen LogP contribution in [0.25, 0.3) is 0 Å². The molecule has 1 heterocycles. The predicted molar refractivity (Wildman–Crippen MR) is 72.7 cm³/mol. The fourth-order valence-electron chi connectivity index (χ4n) is 1.79. The molecule has 18 heavy (non-hydrogen) atoms. The maximum Gasteiger partial charge on any atom is 0.125 e. The topological polar surface area (TPSA) is 74.2 Å². The van der Waals surface area contributed by atoms with Crippen molar-refractivity contribution in [2.75, 3.05) is 12.8 Å². The molecule has 0 spiro atoms. The monoisotopic (exact) mass is 263 g/mol. The minimum absolute atomic E-state index is 0.397. The number of halogens is 1. The Kier molecular flexibility index (Phi) is 3.69. The van der Waals surface area contributed by atoms with Gasteiger partial charge in [-0.15, -0.1) is 0 Å². The van der Waals surface area contributed by atoms with E-state index in [2.05, 4.69) is 4.98 Å². The van der Waals surface area contributed by atoms with Gasteiger partial charge < -0.3 is 16.2 Å². The zero-order chi connectivity index (χ0) is 13.1. The van der Waals surface area contributed by atoms with Crippen molar-refractivity contribution < 1.29 is 4.74 Å². The van der Waals surface area contributed by atoms with Crippen LogP contribution in [0.5, 0.6) is 5.75 Å². The number of rotatable bonds is 3. The van der Waals surface area contributed by atoms with Gasteiger partial charge in [-0.2, -0.15) is 0 Å². The molecule has 2 rings (SSSR count). The Hall–Kier alpha value is -1.78. The third kappa shape index (κ3) is 2.39. The van der Waals surface area contributed by atoms with E-state index in [1.165, 1.54) is 0 Å². The van der Waals surface area contributed by atoms with E-state index < -0.39 is 6.04 Å². The van der Waals surface area contributed by atoms with E-state index in [9.17, 15) is 0 Å². The normalized spacial score (nSPS) is 12.2. The van der Waals surface area contributed by atoms with Crippen LogP contribution in [-0.4, -0.2) is 12.1 Å². The predicted octanol–water partition coefficient (Wildman–Crippen LogP) is 2.37. The molecule has 0 aliphatic carbocycles. The molecule has 0 aliphatic rings. The Labute approximate surface area is 111 Å². The van der Waals surface area contributed by atoms with Crippen molar-refractivity contribution in [2.45, 2.75) is 6.04 Å². The molecule has 4 nitrogen and oxygen atoms in total. The Morgan fingerprint density at radius 2 is 2.06 bits per heavy atom. The molecule has 1 atom stereocenters. The molecule has 1 aromatic carbocycles. The van der Waals surface area contributed by atoms with Crippen molar-refractivity contribution in [2.24, 2.45) is 5.73 Å². The third-order valence-corrected chi connectivity index (χ3v) is 2.99. The molecule has 0 amide bonds. The first-order chi connectivity index (χ1) is 8.63. The van der Waals surface area contributed by atoms with Crippen LogP contribution in [-0.2, 0) is 0 Å². The molecule has 94 valence electrons. The number of aromatic nitrogens is 1. The summed E-state index contributed by atoms with van der Waals surface area (Å²) in [5.41, 5.74) is 14.3. The number of benzene rings is 1. The van der Waals surface area contributed by atoms with Crippen molar-refractivity contribution in [1.82, 2.24) is 4.98 Å². The molecular formula is C13H14ClN3O. The molecular weight excluding hydrogens is 250 g/mol. The standard InChI is InChI=1S/C13H14ClN3O/c1-18-12-6-8(14)2-3-9(12)13(16)10-7-17-5-4-11(10)15/h2-7,13H,16H2,1H3,(H2,15,17). The molecule has 0 saturated carbocycles. The lowest BCUT2D eigenvalue weighted by atomic mass is 9.99. The number of pyridine rings is 1. The molecule has 0 aliphatic heterocycles. The number of hydrogen-bond acceptors (Lipinski definition) is 4. The first kappa shape index (κ1) is 12.7. The molecule has 0 fully saturated rings. The van der Waals surface area contributed by atoms with Crippen LogP contribution in [0.3, 0.4) is 0 Å². The van der Waals surface area contributed by atoms with Gasteiger partial charge in [0.1, 0.15) is 5.75 Å². The number of nitrogens with two attached hydrogens (primary N) is 2. The van der Waals surface area contributed by atoms with E-state index in [1.54, 1.807) is 37.7 Å². The van der Waals surface area contributed by atoms with Crippen molar-refractivity contribution in [1.29, 1.82) is 0 Å². The highest BCUT2D eigenvalue weighted by Crippen LogP contribution is 2.32. The Balaban J connectivity index is 2.46. The van der Waals surface area contributed by atoms with Gasteiger partial charge in [-0.3, -0.25) is 4.98 Å². The van der Waals surface area contributed by atoms with Crippen LogP contribution in [0.2, 0.25) is 5.02 Å². The summed E-state index contributed by atoms with van der Waals surface area (Å²) in [6, 6.07) is 6.65. The third-order valence-electron chi connectivity index (χ3n) is 2.75. The first-order valence-corrected chi connectivity index (χ1v) is 5.79. The van der Waals surface area contributed by atoms with E-state index in [0.717, 1.165) is 11.1 Å². The maximum atomic E-state index is 6.20. The molecule has 2 aromatic rings. The summed E-state index contributed by atoms with van der Waals surface area (Å²) >= 11 is 5.92. The molecule has 4 N–H and O–H groups in total. The van der Waals surface area contributed by atoms with Crippen LogP contribution >= 0.6 is 11.6 Å². The van der Waals surface area contributed by atoms with E-state index in [4.69, 9.17) is 27.8 Å². The molecule has 5 heteroatoms.